The van der Waals surface area contributed by atoms with E-state index in [4.69, 9.17) is 19.2 Å². The lowest BCUT2D eigenvalue weighted by atomic mass is 10.1. The molecule has 0 N–H and O–H groups in total. The van der Waals surface area contributed by atoms with Gasteiger partial charge in [-0.15, -0.1) is 11.3 Å². The number of sulfonamides is 1. The van der Waals surface area contributed by atoms with Crippen molar-refractivity contribution in [2.75, 3.05) is 26.3 Å². The summed E-state index contributed by atoms with van der Waals surface area (Å²) in [5, 5.41) is 17.7. The molecule has 1 aliphatic rings. The van der Waals surface area contributed by atoms with E-state index in [-0.39, 0.29) is 10.6 Å². The van der Waals surface area contributed by atoms with Crippen LogP contribution in [0.5, 0.6) is 0 Å². The second-order valence-corrected chi connectivity index (χ2v) is 11.1. The van der Waals surface area contributed by atoms with E-state index in [1.165, 1.54) is 39.9 Å². The number of non-ortho nitro benzene ring substituents is 1. The van der Waals surface area contributed by atoms with E-state index in [2.05, 4.69) is 0 Å². The molecule has 0 radical (unpaired) electrons. The van der Waals surface area contributed by atoms with Gasteiger partial charge in [0, 0.05) is 36.2 Å². The number of hydrogen-bond donors (Lipinski definition) is 0. The molecule has 2 aromatic carbocycles. The Morgan fingerprint density at radius 2 is 1.76 bits per heavy atom. The van der Waals surface area contributed by atoms with Crippen LogP contribution in [0.2, 0.25) is 0 Å². The van der Waals surface area contributed by atoms with Crippen molar-refractivity contribution in [1.82, 2.24) is 8.98 Å². The Labute approximate surface area is 222 Å². The summed E-state index contributed by atoms with van der Waals surface area (Å²) >= 11 is 1.33. The Morgan fingerprint density at radius 3 is 2.39 bits per heavy atom. The minimum atomic E-state index is -3.61. The molecule has 4 aromatic rings. The molecule has 11 nitrogen and oxygen atoms in total. The fourth-order valence-corrected chi connectivity index (χ4v) is 6.11. The Morgan fingerprint density at radius 1 is 1.05 bits per heavy atom. The number of ether oxygens (including phenoxy) is 1. The Kier molecular flexibility index (Phi) is 7.33. The maximum absolute atomic E-state index is 12.9. The zero-order valence-electron chi connectivity index (χ0n) is 20.3. The third-order valence-electron chi connectivity index (χ3n) is 5.86. The third kappa shape index (κ3) is 5.36. The van der Waals surface area contributed by atoms with E-state index in [1.807, 2.05) is 5.38 Å². The van der Waals surface area contributed by atoms with Crippen LogP contribution in [0.3, 0.4) is 0 Å². The largest absolute Gasteiger partial charge is 0.463 e. The standard InChI is InChI=1S/C25H23N5O6S2/c1-18(24-3-2-14-36-24)27-29-23(19-4-8-21(9-5-19)30(31)32)17-37-25(29)26-20-6-10-22(11-7-20)38(33,34)28-12-15-35-16-13-28/h2-11,14,17H,12-13,15-16H2,1H3. The molecule has 13 heteroatoms. The first-order valence-corrected chi connectivity index (χ1v) is 13.9. The average Bonchev–Trinajstić information content (AvgIpc) is 3.61. The van der Waals surface area contributed by atoms with Crippen molar-refractivity contribution in [3.8, 4) is 11.3 Å². The molecule has 0 bridgehead atoms. The zero-order valence-corrected chi connectivity index (χ0v) is 21.9. The highest BCUT2D eigenvalue weighted by Crippen LogP contribution is 2.25. The van der Waals surface area contributed by atoms with Crippen LogP contribution in [-0.2, 0) is 14.8 Å². The van der Waals surface area contributed by atoms with E-state index >= 15 is 0 Å². The van der Waals surface area contributed by atoms with Gasteiger partial charge in [-0.2, -0.15) is 9.41 Å². The quantitative estimate of drug-likeness (QED) is 0.191. The fourth-order valence-electron chi connectivity index (χ4n) is 3.85. The SMILES string of the molecule is CC(=Nn1c(-c2ccc([N+](=O)[O-])cc2)csc1=Nc1ccc(S(=O)(=O)N2CCOCC2)cc1)c1ccco1. The first-order chi connectivity index (χ1) is 18.3. The summed E-state index contributed by atoms with van der Waals surface area (Å²) in [4.78, 5) is 16.1. The Balaban J connectivity index is 1.54. The second-order valence-electron chi connectivity index (χ2n) is 8.30. The molecule has 38 heavy (non-hydrogen) atoms. The van der Waals surface area contributed by atoms with Crippen LogP contribution >= 0.6 is 11.3 Å². The number of hydrogen-bond acceptors (Lipinski definition) is 9. The second kappa shape index (κ2) is 10.8. The highest BCUT2D eigenvalue weighted by molar-refractivity contribution is 7.89. The highest BCUT2D eigenvalue weighted by atomic mass is 32.2. The van der Waals surface area contributed by atoms with Gasteiger partial charge >= 0.3 is 0 Å². The third-order valence-corrected chi connectivity index (χ3v) is 8.59. The van der Waals surface area contributed by atoms with E-state index in [0.717, 1.165) is 5.56 Å². The predicted octanol–water partition coefficient (Wildman–Crippen LogP) is 4.24. The molecule has 1 saturated heterocycles. The van der Waals surface area contributed by atoms with Gasteiger partial charge in [-0.1, -0.05) is 0 Å². The van der Waals surface area contributed by atoms with Crippen LogP contribution in [0.25, 0.3) is 11.3 Å². The van der Waals surface area contributed by atoms with Gasteiger partial charge in [0.15, 0.2) is 0 Å². The van der Waals surface area contributed by atoms with Crippen LogP contribution in [-0.4, -0.2) is 54.3 Å². The number of rotatable bonds is 7. The molecule has 0 spiro atoms. The first kappa shape index (κ1) is 25.7. The van der Waals surface area contributed by atoms with Crippen molar-refractivity contribution >= 4 is 38.4 Å². The molecule has 5 rings (SSSR count). The number of morpholine rings is 1. The van der Waals surface area contributed by atoms with Gasteiger partial charge < -0.3 is 9.15 Å². The number of furan rings is 1. The lowest BCUT2D eigenvalue weighted by Gasteiger charge is -2.26. The molecule has 0 aliphatic carbocycles. The summed E-state index contributed by atoms with van der Waals surface area (Å²) in [7, 11) is -3.61. The molecule has 196 valence electrons. The maximum Gasteiger partial charge on any atom is 0.269 e. The van der Waals surface area contributed by atoms with Crippen LogP contribution in [0.15, 0.2) is 91.7 Å². The molecule has 0 amide bonds. The normalized spacial score (nSPS) is 15.6. The number of benzene rings is 2. The first-order valence-electron chi connectivity index (χ1n) is 11.6. The van der Waals surface area contributed by atoms with Gasteiger partial charge in [-0.3, -0.25) is 10.1 Å². The number of nitrogens with zero attached hydrogens (tertiary/aromatic N) is 5. The van der Waals surface area contributed by atoms with Gasteiger partial charge in [-0.05, 0) is 55.5 Å². The number of nitro benzene ring substituents is 1. The molecule has 0 unspecified atom stereocenters. The lowest BCUT2D eigenvalue weighted by molar-refractivity contribution is -0.384. The van der Waals surface area contributed by atoms with Crippen molar-refractivity contribution in [2.24, 2.45) is 10.1 Å². The molecule has 0 saturated carbocycles. The predicted molar refractivity (Wildman–Crippen MR) is 142 cm³/mol. The number of nitro groups is 1. The van der Waals surface area contributed by atoms with E-state index in [1.54, 1.807) is 54.3 Å². The molecule has 0 atom stereocenters. The average molecular weight is 554 g/mol. The number of aromatic nitrogens is 1. The molecular weight excluding hydrogens is 530 g/mol. The van der Waals surface area contributed by atoms with Crippen molar-refractivity contribution in [3.05, 3.63) is 93.0 Å². The van der Waals surface area contributed by atoms with Crippen molar-refractivity contribution < 1.29 is 22.5 Å². The van der Waals surface area contributed by atoms with Crippen molar-refractivity contribution in [3.63, 3.8) is 0 Å². The Bertz CT molecular complexity index is 1630. The summed E-state index contributed by atoms with van der Waals surface area (Å²) in [6.45, 7) is 3.20. The van der Waals surface area contributed by atoms with E-state index in [9.17, 15) is 18.5 Å². The number of thiazole rings is 1. The van der Waals surface area contributed by atoms with Crippen LogP contribution < -0.4 is 4.80 Å². The maximum atomic E-state index is 12.9. The molecule has 2 aromatic heterocycles. The summed E-state index contributed by atoms with van der Waals surface area (Å²) in [5.41, 5.74) is 2.53. The van der Waals surface area contributed by atoms with Crippen molar-refractivity contribution in [2.45, 2.75) is 11.8 Å². The summed E-state index contributed by atoms with van der Waals surface area (Å²) < 4.78 is 39.7. The van der Waals surface area contributed by atoms with Gasteiger partial charge in [-0.25, -0.2) is 18.1 Å². The molecule has 1 fully saturated rings. The summed E-state index contributed by atoms with van der Waals surface area (Å²) in [6, 6.07) is 16.1. The minimum absolute atomic E-state index is 0.0113. The molecule has 3 heterocycles. The summed E-state index contributed by atoms with van der Waals surface area (Å²) in [6.07, 6.45) is 1.56. The fraction of sp³-hybridized carbons (Fsp3) is 0.200. The van der Waals surface area contributed by atoms with Gasteiger partial charge in [0.25, 0.3) is 5.69 Å². The minimum Gasteiger partial charge on any atom is -0.463 e. The van der Waals surface area contributed by atoms with Crippen LogP contribution in [0.4, 0.5) is 11.4 Å². The van der Waals surface area contributed by atoms with Gasteiger partial charge in [0.1, 0.15) is 11.5 Å². The molecular formula is C25H23N5O6S2. The van der Waals surface area contributed by atoms with Gasteiger partial charge in [0.2, 0.25) is 14.8 Å². The topological polar surface area (TPSA) is 133 Å². The lowest BCUT2D eigenvalue weighted by Crippen LogP contribution is -2.40. The highest BCUT2D eigenvalue weighted by Gasteiger charge is 2.26. The summed E-state index contributed by atoms with van der Waals surface area (Å²) in [5.74, 6) is 0.585. The van der Waals surface area contributed by atoms with Crippen LogP contribution in [0.1, 0.15) is 12.7 Å². The van der Waals surface area contributed by atoms with E-state index < -0.39 is 14.9 Å². The monoisotopic (exact) mass is 553 g/mol. The molecule has 1 aliphatic heterocycles. The zero-order chi connectivity index (χ0) is 26.7. The van der Waals surface area contributed by atoms with E-state index in [0.29, 0.717) is 54.0 Å². The smallest absolute Gasteiger partial charge is 0.269 e. The van der Waals surface area contributed by atoms with Crippen LogP contribution in [0, 0.1) is 10.1 Å². The Hall–Kier alpha value is -3.91. The van der Waals surface area contributed by atoms with Gasteiger partial charge in [0.05, 0.1) is 40.7 Å². The van der Waals surface area contributed by atoms with Crippen molar-refractivity contribution in [1.29, 1.82) is 0 Å².